The summed E-state index contributed by atoms with van der Waals surface area (Å²) in [5.41, 5.74) is 7.30. The Bertz CT molecular complexity index is 261. The molecule has 0 spiro atoms. The van der Waals surface area contributed by atoms with Gasteiger partial charge in [0.15, 0.2) is 0 Å². The highest BCUT2D eigenvalue weighted by molar-refractivity contribution is 5.35. The van der Waals surface area contributed by atoms with Gasteiger partial charge in [-0.1, -0.05) is 17.7 Å². The first kappa shape index (κ1) is 9.03. The van der Waals surface area contributed by atoms with Gasteiger partial charge in [0.1, 0.15) is 5.75 Å². The van der Waals surface area contributed by atoms with Crippen LogP contribution in [0.1, 0.15) is 11.1 Å². The van der Waals surface area contributed by atoms with Crippen molar-refractivity contribution in [3.8, 4) is 5.75 Å². The maximum atomic E-state index is 9.38. The van der Waals surface area contributed by atoms with Crippen LogP contribution in [-0.2, 0) is 6.54 Å². The second-order valence-corrected chi connectivity index (χ2v) is 2.76. The third kappa shape index (κ3) is 2.22. The van der Waals surface area contributed by atoms with Crippen molar-refractivity contribution in [3.63, 3.8) is 0 Å². The summed E-state index contributed by atoms with van der Waals surface area (Å²) in [7, 11) is 0. The molecule has 0 radical (unpaired) electrons. The van der Waals surface area contributed by atoms with Gasteiger partial charge in [0.25, 0.3) is 0 Å². The van der Waals surface area contributed by atoms with E-state index in [-0.39, 0.29) is 0 Å². The summed E-state index contributed by atoms with van der Waals surface area (Å²) >= 11 is 0. The van der Waals surface area contributed by atoms with Crippen molar-refractivity contribution >= 4 is 0 Å². The van der Waals surface area contributed by atoms with Crippen LogP contribution in [0.4, 0.5) is 0 Å². The van der Waals surface area contributed by atoms with E-state index in [1.807, 2.05) is 19.1 Å². The molecule has 0 atom stereocenters. The topological polar surface area (TPSA) is 58.3 Å². The van der Waals surface area contributed by atoms with Gasteiger partial charge < -0.3 is 16.2 Å². The molecule has 1 rings (SSSR count). The Morgan fingerprint density at radius 1 is 1.50 bits per heavy atom. The monoisotopic (exact) mass is 166 g/mol. The first-order valence-corrected chi connectivity index (χ1v) is 3.93. The minimum atomic E-state index is 0.321. The number of phenols is 1. The quantitative estimate of drug-likeness (QED) is 0.579. The second kappa shape index (κ2) is 4.09. The summed E-state index contributed by atoms with van der Waals surface area (Å²) in [6.45, 7) is 3.03. The molecule has 0 unspecified atom stereocenters. The standard InChI is InChI=1S/C9H14N2O/c1-7-2-3-9(12)8(4-7)5-11-6-10/h2-4,11-12H,5-6,10H2,1H3. The lowest BCUT2D eigenvalue weighted by molar-refractivity contribution is 0.464. The lowest BCUT2D eigenvalue weighted by atomic mass is 10.1. The van der Waals surface area contributed by atoms with E-state index in [0.29, 0.717) is 19.0 Å². The van der Waals surface area contributed by atoms with E-state index in [1.54, 1.807) is 6.07 Å². The highest BCUT2D eigenvalue weighted by Gasteiger charge is 1.98. The number of aromatic hydroxyl groups is 1. The second-order valence-electron chi connectivity index (χ2n) is 2.76. The minimum absolute atomic E-state index is 0.321. The van der Waals surface area contributed by atoms with Gasteiger partial charge in [0, 0.05) is 18.8 Å². The number of hydrogen-bond acceptors (Lipinski definition) is 3. The van der Waals surface area contributed by atoms with E-state index in [1.165, 1.54) is 0 Å². The highest BCUT2D eigenvalue weighted by atomic mass is 16.3. The summed E-state index contributed by atoms with van der Waals surface area (Å²) in [6, 6.07) is 5.52. The largest absolute Gasteiger partial charge is 0.508 e. The number of benzene rings is 1. The number of hydrogen-bond donors (Lipinski definition) is 3. The summed E-state index contributed by atoms with van der Waals surface area (Å²) in [5, 5.41) is 12.3. The molecule has 66 valence electrons. The maximum absolute atomic E-state index is 9.38. The zero-order chi connectivity index (χ0) is 8.97. The molecule has 0 saturated heterocycles. The van der Waals surface area contributed by atoms with Gasteiger partial charge in [-0.25, -0.2) is 0 Å². The third-order valence-electron chi connectivity index (χ3n) is 1.69. The van der Waals surface area contributed by atoms with Crippen molar-refractivity contribution in [3.05, 3.63) is 29.3 Å². The number of rotatable bonds is 3. The van der Waals surface area contributed by atoms with Crippen LogP contribution in [0.5, 0.6) is 5.75 Å². The summed E-state index contributed by atoms with van der Waals surface area (Å²) in [6.07, 6.45) is 0. The van der Waals surface area contributed by atoms with Gasteiger partial charge in [-0.3, -0.25) is 0 Å². The Morgan fingerprint density at radius 3 is 2.92 bits per heavy atom. The number of aryl methyl sites for hydroxylation is 1. The molecule has 3 heteroatoms. The average Bonchev–Trinajstić information content (AvgIpc) is 2.07. The van der Waals surface area contributed by atoms with E-state index < -0.39 is 0 Å². The molecule has 3 nitrogen and oxygen atoms in total. The Morgan fingerprint density at radius 2 is 2.25 bits per heavy atom. The first-order chi connectivity index (χ1) is 5.74. The zero-order valence-electron chi connectivity index (χ0n) is 7.17. The van der Waals surface area contributed by atoms with Gasteiger partial charge in [0.05, 0.1) is 0 Å². The van der Waals surface area contributed by atoms with Crippen LogP contribution in [0.2, 0.25) is 0 Å². The molecule has 1 aromatic rings. The Balaban J connectivity index is 2.75. The van der Waals surface area contributed by atoms with Gasteiger partial charge in [-0.15, -0.1) is 0 Å². The molecule has 12 heavy (non-hydrogen) atoms. The Kier molecular flexibility index (Phi) is 3.08. The number of phenolic OH excluding ortho intramolecular Hbond substituents is 1. The van der Waals surface area contributed by atoms with Crippen LogP contribution in [-0.4, -0.2) is 11.8 Å². The fourth-order valence-corrected chi connectivity index (χ4v) is 1.06. The molecule has 0 amide bonds. The molecular weight excluding hydrogens is 152 g/mol. The van der Waals surface area contributed by atoms with Crippen LogP contribution in [0, 0.1) is 6.92 Å². The average molecular weight is 166 g/mol. The van der Waals surface area contributed by atoms with Crippen LogP contribution >= 0.6 is 0 Å². The van der Waals surface area contributed by atoms with Crippen LogP contribution in [0.25, 0.3) is 0 Å². The van der Waals surface area contributed by atoms with E-state index in [2.05, 4.69) is 5.32 Å². The molecule has 1 aromatic carbocycles. The molecule has 4 N–H and O–H groups in total. The predicted octanol–water partition coefficient (Wildman–Crippen LogP) is 0.706. The van der Waals surface area contributed by atoms with Crippen molar-refractivity contribution in [1.29, 1.82) is 0 Å². The lowest BCUT2D eigenvalue weighted by Crippen LogP contribution is -2.21. The van der Waals surface area contributed by atoms with Crippen molar-refractivity contribution in [2.45, 2.75) is 13.5 Å². The van der Waals surface area contributed by atoms with E-state index in [4.69, 9.17) is 5.73 Å². The molecule has 0 aromatic heterocycles. The van der Waals surface area contributed by atoms with E-state index in [9.17, 15) is 5.11 Å². The lowest BCUT2D eigenvalue weighted by Gasteiger charge is -2.05. The van der Waals surface area contributed by atoms with Gasteiger partial charge >= 0.3 is 0 Å². The van der Waals surface area contributed by atoms with Crippen molar-refractivity contribution < 1.29 is 5.11 Å². The van der Waals surface area contributed by atoms with Crippen molar-refractivity contribution in [2.75, 3.05) is 6.67 Å². The highest BCUT2D eigenvalue weighted by Crippen LogP contribution is 2.17. The van der Waals surface area contributed by atoms with E-state index >= 15 is 0 Å². The number of nitrogens with one attached hydrogen (secondary N) is 1. The molecule has 0 bridgehead atoms. The fourth-order valence-electron chi connectivity index (χ4n) is 1.06. The maximum Gasteiger partial charge on any atom is 0.120 e. The van der Waals surface area contributed by atoms with Gasteiger partial charge in [0.2, 0.25) is 0 Å². The van der Waals surface area contributed by atoms with Crippen LogP contribution in [0.3, 0.4) is 0 Å². The minimum Gasteiger partial charge on any atom is -0.508 e. The predicted molar refractivity (Wildman–Crippen MR) is 48.7 cm³/mol. The number of nitrogens with two attached hydrogens (primary N) is 1. The SMILES string of the molecule is Cc1ccc(O)c(CNCN)c1. The van der Waals surface area contributed by atoms with Crippen LogP contribution < -0.4 is 11.1 Å². The smallest absolute Gasteiger partial charge is 0.120 e. The molecule has 0 heterocycles. The zero-order valence-corrected chi connectivity index (χ0v) is 7.17. The van der Waals surface area contributed by atoms with Crippen LogP contribution in [0.15, 0.2) is 18.2 Å². The molecule has 0 aliphatic rings. The summed E-state index contributed by atoms with van der Waals surface area (Å²) in [4.78, 5) is 0. The summed E-state index contributed by atoms with van der Waals surface area (Å²) < 4.78 is 0. The normalized spacial score (nSPS) is 10.2. The fraction of sp³-hybridized carbons (Fsp3) is 0.333. The third-order valence-corrected chi connectivity index (χ3v) is 1.69. The Labute approximate surface area is 72.2 Å². The molecular formula is C9H14N2O. The summed E-state index contributed by atoms with van der Waals surface area (Å²) in [5.74, 6) is 0.321. The van der Waals surface area contributed by atoms with Gasteiger partial charge in [-0.05, 0) is 13.0 Å². The van der Waals surface area contributed by atoms with Crippen molar-refractivity contribution in [1.82, 2.24) is 5.32 Å². The van der Waals surface area contributed by atoms with E-state index in [0.717, 1.165) is 11.1 Å². The molecule has 0 aliphatic heterocycles. The van der Waals surface area contributed by atoms with Gasteiger partial charge in [-0.2, -0.15) is 0 Å². The Hall–Kier alpha value is -1.06. The molecule has 0 aliphatic carbocycles. The first-order valence-electron chi connectivity index (χ1n) is 3.93. The van der Waals surface area contributed by atoms with Crippen molar-refractivity contribution in [2.24, 2.45) is 5.73 Å². The molecule has 0 fully saturated rings. The molecule has 0 saturated carbocycles.